The first-order chi connectivity index (χ1) is 12.2. The van der Waals surface area contributed by atoms with E-state index in [4.69, 9.17) is 0 Å². The predicted octanol–water partition coefficient (Wildman–Crippen LogP) is 2.79. The van der Waals surface area contributed by atoms with E-state index < -0.39 is 0 Å². The van der Waals surface area contributed by atoms with Crippen molar-refractivity contribution in [3.8, 4) is 22.8 Å². The maximum atomic E-state index is 12.4. The second kappa shape index (κ2) is 6.16. The molecule has 3 heterocycles. The van der Waals surface area contributed by atoms with Gasteiger partial charge in [-0.3, -0.25) is 9.78 Å². The molecule has 0 unspecified atom stereocenters. The predicted molar refractivity (Wildman–Crippen MR) is 94.9 cm³/mol. The van der Waals surface area contributed by atoms with E-state index >= 15 is 0 Å². The minimum absolute atomic E-state index is 0.154. The molecule has 6 heteroatoms. The van der Waals surface area contributed by atoms with E-state index in [1.165, 1.54) is 6.07 Å². The van der Waals surface area contributed by atoms with Gasteiger partial charge in [-0.2, -0.15) is 10.2 Å². The lowest BCUT2D eigenvalue weighted by Crippen LogP contribution is -2.14. The third-order valence-electron chi connectivity index (χ3n) is 3.90. The molecule has 0 spiro atoms. The first-order valence-corrected chi connectivity index (χ1v) is 7.84. The molecule has 4 aromatic rings. The molecule has 0 N–H and O–H groups in total. The number of hydrogen-bond donors (Lipinski definition) is 0. The van der Waals surface area contributed by atoms with Gasteiger partial charge < -0.3 is 0 Å². The van der Waals surface area contributed by atoms with Crippen molar-refractivity contribution in [2.24, 2.45) is 0 Å². The normalized spacial score (nSPS) is 10.8. The van der Waals surface area contributed by atoms with E-state index in [2.05, 4.69) is 15.2 Å². The summed E-state index contributed by atoms with van der Waals surface area (Å²) in [6.07, 6.45) is 6.69. The number of aromatic nitrogens is 5. The summed E-state index contributed by atoms with van der Waals surface area (Å²) >= 11 is 0. The molecule has 122 valence electrons. The Morgan fingerprint density at radius 2 is 1.60 bits per heavy atom. The monoisotopic (exact) mass is 329 g/mol. The number of pyridine rings is 1. The third-order valence-corrected chi connectivity index (χ3v) is 3.90. The molecular formula is C19H15N5O. The Bertz CT molecular complexity index is 1060. The molecule has 0 saturated heterocycles. The summed E-state index contributed by atoms with van der Waals surface area (Å²) < 4.78 is 3.38. The summed E-state index contributed by atoms with van der Waals surface area (Å²) in [7, 11) is 0. The zero-order valence-electron chi connectivity index (χ0n) is 13.6. The molecule has 1 aromatic carbocycles. The topological polar surface area (TPSA) is 65.6 Å². The maximum absolute atomic E-state index is 12.4. The zero-order chi connectivity index (χ0) is 17.2. The van der Waals surface area contributed by atoms with Crippen LogP contribution in [0, 0.1) is 6.92 Å². The van der Waals surface area contributed by atoms with Crippen molar-refractivity contribution in [2.45, 2.75) is 6.92 Å². The van der Waals surface area contributed by atoms with Crippen LogP contribution in [0.1, 0.15) is 5.56 Å². The lowest BCUT2D eigenvalue weighted by atomic mass is 10.2. The lowest BCUT2D eigenvalue weighted by molar-refractivity contribution is 0.821. The SMILES string of the molecule is Cc1ccc(-n2nccc2-c2nn(-c3ccncc3)ccc2=O)cc1. The number of rotatable bonds is 3. The van der Waals surface area contributed by atoms with Gasteiger partial charge in [-0.05, 0) is 37.3 Å². The molecule has 25 heavy (non-hydrogen) atoms. The van der Waals surface area contributed by atoms with Gasteiger partial charge in [0.05, 0.1) is 23.3 Å². The molecule has 0 amide bonds. The maximum Gasteiger partial charge on any atom is 0.209 e. The average Bonchev–Trinajstić information content (AvgIpc) is 3.13. The number of aryl methyl sites for hydroxylation is 1. The van der Waals surface area contributed by atoms with Gasteiger partial charge in [0.15, 0.2) is 5.69 Å². The highest BCUT2D eigenvalue weighted by Gasteiger charge is 2.13. The molecule has 0 saturated carbocycles. The molecule has 3 aromatic heterocycles. The van der Waals surface area contributed by atoms with Crippen LogP contribution >= 0.6 is 0 Å². The molecule has 0 bridgehead atoms. The van der Waals surface area contributed by atoms with E-state index in [0.29, 0.717) is 11.4 Å². The van der Waals surface area contributed by atoms with Crippen LogP contribution in [0.4, 0.5) is 0 Å². The summed E-state index contributed by atoms with van der Waals surface area (Å²) in [5.74, 6) is 0. The van der Waals surface area contributed by atoms with Crippen molar-refractivity contribution in [3.63, 3.8) is 0 Å². The van der Waals surface area contributed by atoms with Crippen LogP contribution in [0.5, 0.6) is 0 Å². The van der Waals surface area contributed by atoms with Crippen molar-refractivity contribution in [1.29, 1.82) is 0 Å². The van der Waals surface area contributed by atoms with Crippen LogP contribution in [0.15, 0.2) is 78.1 Å². The molecular weight excluding hydrogens is 314 g/mol. The summed E-state index contributed by atoms with van der Waals surface area (Å²) in [4.78, 5) is 16.4. The smallest absolute Gasteiger partial charge is 0.209 e. The zero-order valence-corrected chi connectivity index (χ0v) is 13.6. The van der Waals surface area contributed by atoms with Crippen molar-refractivity contribution in [1.82, 2.24) is 24.5 Å². The van der Waals surface area contributed by atoms with Crippen molar-refractivity contribution in [2.75, 3.05) is 0 Å². The largest absolute Gasteiger partial charge is 0.287 e. The second-order valence-corrected chi connectivity index (χ2v) is 5.64. The minimum atomic E-state index is -0.154. The first-order valence-electron chi connectivity index (χ1n) is 7.84. The van der Waals surface area contributed by atoms with Crippen molar-refractivity contribution in [3.05, 3.63) is 89.1 Å². The van der Waals surface area contributed by atoms with Gasteiger partial charge in [0.1, 0.15) is 0 Å². The van der Waals surface area contributed by atoms with E-state index in [1.54, 1.807) is 40.2 Å². The molecule has 0 atom stereocenters. The molecule has 0 aliphatic carbocycles. The Balaban J connectivity index is 1.85. The van der Waals surface area contributed by atoms with Gasteiger partial charge in [-0.1, -0.05) is 17.7 Å². The first kappa shape index (κ1) is 15.0. The lowest BCUT2D eigenvalue weighted by Gasteiger charge is -2.09. The van der Waals surface area contributed by atoms with Gasteiger partial charge >= 0.3 is 0 Å². The summed E-state index contributed by atoms with van der Waals surface area (Å²) in [5.41, 5.74) is 3.72. The Hall–Kier alpha value is -3.54. The summed E-state index contributed by atoms with van der Waals surface area (Å²) in [6.45, 7) is 2.03. The number of benzene rings is 1. The third kappa shape index (κ3) is 2.85. The Labute approximate surface area is 144 Å². The molecule has 0 aliphatic rings. The van der Waals surface area contributed by atoms with Gasteiger partial charge in [0.25, 0.3) is 0 Å². The van der Waals surface area contributed by atoms with E-state index in [1.807, 2.05) is 43.3 Å². The summed E-state index contributed by atoms with van der Waals surface area (Å²) in [5, 5.41) is 8.86. The molecule has 0 fully saturated rings. The van der Waals surface area contributed by atoms with Gasteiger partial charge in [-0.25, -0.2) is 9.36 Å². The fourth-order valence-corrected chi connectivity index (χ4v) is 2.60. The van der Waals surface area contributed by atoms with Gasteiger partial charge in [0.2, 0.25) is 5.43 Å². The van der Waals surface area contributed by atoms with Gasteiger partial charge in [-0.15, -0.1) is 0 Å². The van der Waals surface area contributed by atoms with Gasteiger partial charge in [0, 0.05) is 24.7 Å². The van der Waals surface area contributed by atoms with Crippen LogP contribution in [-0.2, 0) is 0 Å². The van der Waals surface area contributed by atoms with Crippen LogP contribution in [-0.4, -0.2) is 24.5 Å². The quantitative estimate of drug-likeness (QED) is 0.580. The van der Waals surface area contributed by atoms with E-state index in [0.717, 1.165) is 16.9 Å². The standard InChI is InChI=1S/C19H15N5O/c1-14-2-4-16(5-3-14)24-17(8-12-21-24)19-18(25)9-13-23(22-19)15-6-10-20-11-7-15/h2-13H,1H3. The fourth-order valence-electron chi connectivity index (χ4n) is 2.60. The Kier molecular flexibility index (Phi) is 3.70. The Morgan fingerprint density at radius 1 is 0.840 bits per heavy atom. The number of hydrogen-bond acceptors (Lipinski definition) is 4. The molecule has 4 rings (SSSR count). The van der Waals surface area contributed by atoms with Crippen molar-refractivity contribution >= 4 is 0 Å². The highest BCUT2D eigenvalue weighted by molar-refractivity contribution is 5.57. The molecule has 0 radical (unpaired) electrons. The fraction of sp³-hybridized carbons (Fsp3) is 0.0526. The Morgan fingerprint density at radius 3 is 2.36 bits per heavy atom. The van der Waals surface area contributed by atoms with Crippen LogP contribution in [0.2, 0.25) is 0 Å². The van der Waals surface area contributed by atoms with Crippen LogP contribution in [0.3, 0.4) is 0 Å². The average molecular weight is 329 g/mol. The second-order valence-electron chi connectivity index (χ2n) is 5.64. The van der Waals surface area contributed by atoms with Crippen molar-refractivity contribution < 1.29 is 0 Å². The summed E-state index contributed by atoms with van der Waals surface area (Å²) in [6, 6.07) is 14.9. The highest BCUT2D eigenvalue weighted by atomic mass is 16.1. The van der Waals surface area contributed by atoms with Crippen LogP contribution < -0.4 is 5.43 Å². The molecule has 6 nitrogen and oxygen atoms in total. The van der Waals surface area contributed by atoms with Crippen LogP contribution in [0.25, 0.3) is 22.8 Å². The number of nitrogens with zero attached hydrogens (tertiary/aromatic N) is 5. The van der Waals surface area contributed by atoms with E-state index in [-0.39, 0.29) is 5.43 Å². The highest BCUT2D eigenvalue weighted by Crippen LogP contribution is 2.18. The van der Waals surface area contributed by atoms with E-state index in [9.17, 15) is 4.79 Å². The molecule has 0 aliphatic heterocycles. The minimum Gasteiger partial charge on any atom is -0.287 e.